The van der Waals surface area contributed by atoms with Gasteiger partial charge in [-0.05, 0) is 77.0 Å². The van der Waals surface area contributed by atoms with E-state index in [-0.39, 0.29) is 18.5 Å². The molecule has 6 heteroatoms. The molecule has 0 bridgehead atoms. The van der Waals surface area contributed by atoms with Crippen molar-refractivity contribution in [2.24, 2.45) is 0 Å². The third-order valence-electron chi connectivity index (χ3n) is 16.2. The van der Waals surface area contributed by atoms with Crippen molar-refractivity contribution in [3.8, 4) is 0 Å². The molecule has 0 radical (unpaired) electrons. The summed E-state index contributed by atoms with van der Waals surface area (Å²) in [6.07, 6.45) is 82.1. The van der Waals surface area contributed by atoms with E-state index in [0.29, 0.717) is 25.9 Å². The molecule has 2 atom stereocenters. The lowest BCUT2D eigenvalue weighted by Gasteiger charge is -2.22. The monoisotopic (exact) mass is 1070 g/mol. The predicted molar refractivity (Wildman–Crippen MR) is 333 cm³/mol. The maximum atomic E-state index is 12.5. The minimum atomic E-state index is -0.670. The van der Waals surface area contributed by atoms with Crippen molar-refractivity contribution in [3.63, 3.8) is 0 Å². The van der Waals surface area contributed by atoms with Gasteiger partial charge in [-0.2, -0.15) is 0 Å². The van der Waals surface area contributed by atoms with Crippen LogP contribution in [0, 0.1) is 0 Å². The number of carbonyl (C=O) groups is 2. The van der Waals surface area contributed by atoms with E-state index in [2.05, 4.69) is 43.5 Å². The molecule has 0 aromatic carbocycles. The number of hydrogen-bond acceptors (Lipinski definition) is 5. The van der Waals surface area contributed by atoms with Gasteiger partial charge in [0.15, 0.2) is 0 Å². The summed E-state index contributed by atoms with van der Waals surface area (Å²) in [4.78, 5) is 24.6. The lowest BCUT2D eigenvalue weighted by molar-refractivity contribution is -0.143. The van der Waals surface area contributed by atoms with Crippen molar-refractivity contribution in [1.29, 1.82) is 0 Å². The summed E-state index contributed by atoms with van der Waals surface area (Å²) >= 11 is 0. The van der Waals surface area contributed by atoms with Crippen LogP contribution in [0.4, 0.5) is 0 Å². The number of allylic oxidation sites excluding steroid dienone is 4. The molecule has 0 aliphatic rings. The summed E-state index contributed by atoms with van der Waals surface area (Å²) < 4.78 is 5.50. The SMILES string of the molecule is CCCCCCCCC/C=C\CCCCCCCCCC(=O)OCCCCCCCCCCCC/C=C\CCCCCCCCCC(=O)NC(CO)C(O)CCCCCCCCCCCCCCCCCCCCCC. The van der Waals surface area contributed by atoms with Gasteiger partial charge in [-0.3, -0.25) is 9.59 Å². The summed E-state index contributed by atoms with van der Waals surface area (Å²) in [6.45, 7) is 4.98. The highest BCUT2D eigenvalue weighted by molar-refractivity contribution is 5.76. The number of hydrogen-bond donors (Lipinski definition) is 3. The van der Waals surface area contributed by atoms with Gasteiger partial charge >= 0.3 is 5.97 Å². The molecule has 2 unspecified atom stereocenters. The number of carbonyl (C=O) groups excluding carboxylic acids is 2. The standard InChI is InChI=1S/C70H135NO5/c1-3-5-7-9-11-13-15-17-19-21-23-27-30-34-38-42-46-50-54-58-62-68(73)67(66-72)71-69(74)63-59-55-51-47-43-39-35-31-28-25-24-26-29-33-37-41-45-49-53-57-61-65-76-70(75)64-60-56-52-48-44-40-36-32-22-20-18-16-14-12-10-8-6-4-2/h20,22,25,28,67-68,72-73H,3-19,21,23-24,26-27,29-66H2,1-2H3,(H,71,74)/b22-20-,28-25-. The van der Waals surface area contributed by atoms with Crippen LogP contribution in [0.2, 0.25) is 0 Å². The second-order valence-electron chi connectivity index (χ2n) is 23.9. The van der Waals surface area contributed by atoms with Crippen molar-refractivity contribution in [2.45, 2.75) is 398 Å². The van der Waals surface area contributed by atoms with Crippen LogP contribution in [0.5, 0.6) is 0 Å². The van der Waals surface area contributed by atoms with Gasteiger partial charge in [-0.25, -0.2) is 0 Å². The van der Waals surface area contributed by atoms with Crippen molar-refractivity contribution in [1.82, 2.24) is 5.32 Å². The maximum absolute atomic E-state index is 12.5. The number of nitrogens with one attached hydrogen (secondary N) is 1. The number of amides is 1. The molecular weight excluding hydrogens is 935 g/mol. The average molecular weight is 1070 g/mol. The fraction of sp³-hybridized carbons (Fsp3) is 0.914. The largest absolute Gasteiger partial charge is 0.466 e. The van der Waals surface area contributed by atoms with Gasteiger partial charge in [0.25, 0.3) is 0 Å². The quantitative estimate of drug-likeness (QED) is 0.0320. The van der Waals surface area contributed by atoms with Crippen LogP contribution in [0.3, 0.4) is 0 Å². The average Bonchev–Trinajstić information content (AvgIpc) is 3.42. The highest BCUT2D eigenvalue weighted by atomic mass is 16.5. The van der Waals surface area contributed by atoms with Crippen LogP contribution in [-0.4, -0.2) is 47.4 Å². The minimum Gasteiger partial charge on any atom is -0.466 e. The van der Waals surface area contributed by atoms with Crippen molar-refractivity contribution >= 4 is 11.9 Å². The molecule has 0 fully saturated rings. The number of aliphatic hydroxyl groups excluding tert-OH is 2. The van der Waals surface area contributed by atoms with Crippen LogP contribution >= 0.6 is 0 Å². The smallest absolute Gasteiger partial charge is 0.305 e. The van der Waals surface area contributed by atoms with E-state index in [1.807, 2.05) is 0 Å². The Morgan fingerprint density at radius 2 is 0.618 bits per heavy atom. The predicted octanol–water partition coefficient (Wildman–Crippen LogP) is 22.1. The van der Waals surface area contributed by atoms with E-state index in [1.165, 1.54) is 308 Å². The van der Waals surface area contributed by atoms with Crippen LogP contribution in [0.1, 0.15) is 386 Å². The molecule has 6 nitrogen and oxygen atoms in total. The Bertz CT molecular complexity index is 1190. The number of ether oxygens (including phenoxy) is 1. The van der Waals surface area contributed by atoms with E-state index in [9.17, 15) is 19.8 Å². The topological polar surface area (TPSA) is 95.9 Å². The van der Waals surface area contributed by atoms with Crippen LogP contribution < -0.4 is 5.32 Å². The van der Waals surface area contributed by atoms with Gasteiger partial charge in [0.2, 0.25) is 5.91 Å². The molecule has 0 rings (SSSR count). The molecule has 0 saturated carbocycles. The molecule has 0 spiro atoms. The van der Waals surface area contributed by atoms with Gasteiger partial charge in [-0.15, -0.1) is 0 Å². The van der Waals surface area contributed by atoms with Gasteiger partial charge in [0.05, 0.1) is 25.4 Å². The number of esters is 1. The molecule has 0 aromatic rings. The summed E-state index contributed by atoms with van der Waals surface area (Å²) in [5.74, 6) is -0.0327. The fourth-order valence-electron chi connectivity index (χ4n) is 10.9. The molecule has 0 aliphatic heterocycles. The molecule has 76 heavy (non-hydrogen) atoms. The van der Waals surface area contributed by atoms with E-state index in [1.54, 1.807) is 0 Å². The maximum Gasteiger partial charge on any atom is 0.305 e. The van der Waals surface area contributed by atoms with E-state index >= 15 is 0 Å². The molecule has 0 aliphatic carbocycles. The molecule has 0 heterocycles. The van der Waals surface area contributed by atoms with E-state index < -0.39 is 12.1 Å². The van der Waals surface area contributed by atoms with Crippen molar-refractivity contribution < 1.29 is 24.5 Å². The van der Waals surface area contributed by atoms with Gasteiger partial charge in [0.1, 0.15) is 0 Å². The van der Waals surface area contributed by atoms with Crippen LogP contribution in [-0.2, 0) is 14.3 Å². The van der Waals surface area contributed by atoms with Gasteiger partial charge in [-0.1, -0.05) is 321 Å². The normalized spacial score (nSPS) is 12.6. The number of unbranched alkanes of at least 4 members (excludes halogenated alkanes) is 50. The van der Waals surface area contributed by atoms with Crippen LogP contribution in [0.25, 0.3) is 0 Å². The van der Waals surface area contributed by atoms with Gasteiger partial charge in [0, 0.05) is 12.8 Å². The Balaban J connectivity index is 3.41. The second-order valence-corrected chi connectivity index (χ2v) is 23.9. The Morgan fingerprint density at radius 3 is 0.934 bits per heavy atom. The zero-order valence-electron chi connectivity index (χ0n) is 51.5. The molecule has 0 saturated heterocycles. The third kappa shape index (κ3) is 61.6. The molecule has 1 amide bonds. The first-order valence-electron chi connectivity index (χ1n) is 34.6. The third-order valence-corrected chi connectivity index (χ3v) is 16.2. The Labute approximate surface area is 475 Å². The zero-order chi connectivity index (χ0) is 55.0. The summed E-state index contributed by atoms with van der Waals surface area (Å²) in [6, 6.07) is -0.548. The van der Waals surface area contributed by atoms with E-state index in [4.69, 9.17) is 4.74 Å². The molecule has 450 valence electrons. The highest BCUT2D eigenvalue weighted by Crippen LogP contribution is 2.18. The number of rotatable bonds is 65. The Kier molecular flexibility index (Phi) is 64.4. The van der Waals surface area contributed by atoms with E-state index in [0.717, 1.165) is 44.9 Å². The minimum absolute atomic E-state index is 0.00626. The highest BCUT2D eigenvalue weighted by Gasteiger charge is 2.20. The zero-order valence-corrected chi connectivity index (χ0v) is 51.5. The summed E-state index contributed by atoms with van der Waals surface area (Å²) in [5.41, 5.74) is 0. The van der Waals surface area contributed by atoms with Crippen molar-refractivity contribution in [2.75, 3.05) is 13.2 Å². The first-order valence-corrected chi connectivity index (χ1v) is 34.6. The first kappa shape index (κ1) is 74.3. The second kappa shape index (κ2) is 65.9. The summed E-state index contributed by atoms with van der Waals surface area (Å²) in [5, 5.41) is 23.4. The van der Waals surface area contributed by atoms with Crippen LogP contribution in [0.15, 0.2) is 24.3 Å². The molecular formula is C70H135NO5. The molecule has 0 aromatic heterocycles. The fourth-order valence-corrected chi connectivity index (χ4v) is 10.9. The molecule has 3 N–H and O–H groups in total. The van der Waals surface area contributed by atoms with Gasteiger partial charge < -0.3 is 20.3 Å². The summed E-state index contributed by atoms with van der Waals surface area (Å²) in [7, 11) is 0. The number of aliphatic hydroxyl groups is 2. The lowest BCUT2D eigenvalue weighted by Crippen LogP contribution is -2.45. The Morgan fingerprint density at radius 1 is 0.355 bits per heavy atom. The first-order chi connectivity index (χ1) is 37.5. The van der Waals surface area contributed by atoms with Crippen molar-refractivity contribution in [3.05, 3.63) is 24.3 Å². The Hall–Kier alpha value is -1.66. The lowest BCUT2D eigenvalue weighted by atomic mass is 10.0.